The molecule has 0 bridgehead atoms. The van der Waals surface area contributed by atoms with E-state index in [9.17, 15) is 4.39 Å². The minimum Gasteiger partial charge on any atom is -0.321 e. The number of rotatable bonds is 1. The number of hydrogen-bond acceptors (Lipinski definition) is 1. The Morgan fingerprint density at radius 2 is 1.53 bits per heavy atom. The molecule has 1 aromatic rings. The molecule has 2 heteroatoms. The summed E-state index contributed by atoms with van der Waals surface area (Å²) < 4.78 is 12.9. The Morgan fingerprint density at radius 3 is 2.12 bits per heavy atom. The lowest BCUT2D eigenvalue weighted by Crippen LogP contribution is -2.56. The summed E-state index contributed by atoms with van der Waals surface area (Å²) in [7, 11) is 0. The van der Waals surface area contributed by atoms with Crippen molar-refractivity contribution in [1.82, 2.24) is 0 Å². The Morgan fingerprint density at radius 1 is 0.941 bits per heavy atom. The third-order valence-corrected chi connectivity index (χ3v) is 4.71. The molecule has 0 unspecified atom stereocenters. The standard InChI is InChI=1S/C15H20FN/c16-13-6-4-12(5-7-13)15(17)10-14(11-15)8-2-1-3-9-14/h4-7H,1-3,8-11,17H2. The van der Waals surface area contributed by atoms with Gasteiger partial charge in [0.25, 0.3) is 0 Å². The van der Waals surface area contributed by atoms with Crippen molar-refractivity contribution in [1.29, 1.82) is 0 Å². The number of nitrogens with two attached hydrogens (primary N) is 1. The summed E-state index contributed by atoms with van der Waals surface area (Å²) in [6.07, 6.45) is 8.96. The molecule has 0 saturated heterocycles. The van der Waals surface area contributed by atoms with Gasteiger partial charge in [-0.25, -0.2) is 4.39 Å². The van der Waals surface area contributed by atoms with Crippen LogP contribution >= 0.6 is 0 Å². The van der Waals surface area contributed by atoms with Gasteiger partial charge in [-0.1, -0.05) is 31.4 Å². The molecule has 92 valence electrons. The molecule has 1 spiro atoms. The zero-order valence-corrected chi connectivity index (χ0v) is 10.2. The molecular formula is C15H20FN. The van der Waals surface area contributed by atoms with Crippen LogP contribution in [0.5, 0.6) is 0 Å². The summed E-state index contributed by atoms with van der Waals surface area (Å²) in [5, 5.41) is 0. The molecule has 2 aliphatic carbocycles. The molecule has 0 amide bonds. The summed E-state index contributed by atoms with van der Waals surface area (Å²) in [6.45, 7) is 0. The van der Waals surface area contributed by atoms with Crippen molar-refractivity contribution in [3.63, 3.8) is 0 Å². The highest BCUT2D eigenvalue weighted by molar-refractivity contribution is 5.29. The van der Waals surface area contributed by atoms with Crippen LogP contribution in [0.3, 0.4) is 0 Å². The van der Waals surface area contributed by atoms with Gasteiger partial charge >= 0.3 is 0 Å². The van der Waals surface area contributed by atoms with E-state index in [2.05, 4.69) is 0 Å². The Labute approximate surface area is 102 Å². The normalized spacial score (nSPS) is 25.5. The average molecular weight is 233 g/mol. The highest BCUT2D eigenvalue weighted by atomic mass is 19.1. The highest BCUT2D eigenvalue weighted by Crippen LogP contribution is 2.59. The van der Waals surface area contributed by atoms with Crippen LogP contribution in [0.25, 0.3) is 0 Å². The van der Waals surface area contributed by atoms with Crippen LogP contribution in [0.1, 0.15) is 50.5 Å². The van der Waals surface area contributed by atoms with Gasteiger partial charge in [0.2, 0.25) is 0 Å². The van der Waals surface area contributed by atoms with Crippen molar-refractivity contribution in [2.24, 2.45) is 11.1 Å². The first-order valence-corrected chi connectivity index (χ1v) is 6.67. The lowest BCUT2D eigenvalue weighted by molar-refractivity contribution is -0.00992. The van der Waals surface area contributed by atoms with Crippen LogP contribution in [-0.4, -0.2) is 0 Å². The maximum atomic E-state index is 12.9. The Kier molecular flexibility index (Phi) is 2.51. The molecule has 0 heterocycles. The van der Waals surface area contributed by atoms with E-state index < -0.39 is 0 Å². The van der Waals surface area contributed by atoms with Gasteiger partial charge in [-0.05, 0) is 48.8 Å². The summed E-state index contributed by atoms with van der Waals surface area (Å²) in [6, 6.07) is 6.75. The van der Waals surface area contributed by atoms with Gasteiger partial charge in [0, 0.05) is 5.54 Å². The van der Waals surface area contributed by atoms with Gasteiger partial charge in [-0.2, -0.15) is 0 Å². The largest absolute Gasteiger partial charge is 0.321 e. The minimum absolute atomic E-state index is 0.177. The monoisotopic (exact) mass is 233 g/mol. The molecule has 0 aliphatic heterocycles. The molecule has 2 N–H and O–H groups in total. The van der Waals surface area contributed by atoms with Crippen LogP contribution in [0.4, 0.5) is 4.39 Å². The van der Waals surface area contributed by atoms with Crippen molar-refractivity contribution < 1.29 is 4.39 Å². The molecule has 0 aromatic heterocycles. The Bertz CT molecular complexity index is 395. The highest BCUT2D eigenvalue weighted by Gasteiger charge is 2.52. The second kappa shape index (κ2) is 3.81. The van der Waals surface area contributed by atoms with Crippen LogP contribution in [0.15, 0.2) is 24.3 Å². The first-order valence-electron chi connectivity index (χ1n) is 6.67. The predicted molar refractivity (Wildman–Crippen MR) is 67.0 cm³/mol. The van der Waals surface area contributed by atoms with Gasteiger partial charge < -0.3 is 5.73 Å². The average Bonchev–Trinajstić information content (AvgIpc) is 2.29. The SMILES string of the molecule is NC1(c2ccc(F)cc2)CC2(CCCCC2)C1. The van der Waals surface area contributed by atoms with E-state index in [1.165, 1.54) is 44.2 Å². The summed E-state index contributed by atoms with van der Waals surface area (Å²) in [5.41, 5.74) is 7.89. The molecule has 17 heavy (non-hydrogen) atoms. The summed E-state index contributed by atoms with van der Waals surface area (Å²) in [5.74, 6) is -0.177. The van der Waals surface area contributed by atoms with Crippen molar-refractivity contribution in [3.8, 4) is 0 Å². The molecule has 2 saturated carbocycles. The smallest absolute Gasteiger partial charge is 0.123 e. The van der Waals surface area contributed by atoms with Gasteiger partial charge in [-0.15, -0.1) is 0 Å². The Hall–Kier alpha value is -0.890. The first-order chi connectivity index (χ1) is 8.12. The second-order valence-electron chi connectivity index (χ2n) is 6.08. The maximum Gasteiger partial charge on any atom is 0.123 e. The fourth-order valence-corrected chi connectivity index (χ4v) is 3.93. The van der Waals surface area contributed by atoms with Gasteiger partial charge in [-0.3, -0.25) is 0 Å². The van der Waals surface area contributed by atoms with E-state index in [1.807, 2.05) is 12.1 Å². The molecule has 2 fully saturated rings. The lowest BCUT2D eigenvalue weighted by Gasteiger charge is -2.57. The van der Waals surface area contributed by atoms with Crippen molar-refractivity contribution in [3.05, 3.63) is 35.6 Å². The van der Waals surface area contributed by atoms with Gasteiger partial charge in [0.1, 0.15) is 5.82 Å². The quantitative estimate of drug-likeness (QED) is 0.786. The number of benzene rings is 1. The van der Waals surface area contributed by atoms with E-state index in [0.29, 0.717) is 5.41 Å². The van der Waals surface area contributed by atoms with Gasteiger partial charge in [0.15, 0.2) is 0 Å². The summed E-state index contributed by atoms with van der Waals surface area (Å²) in [4.78, 5) is 0. The van der Waals surface area contributed by atoms with Crippen LogP contribution in [-0.2, 0) is 5.54 Å². The molecule has 0 radical (unpaired) electrons. The van der Waals surface area contributed by atoms with Crippen molar-refractivity contribution in [2.75, 3.05) is 0 Å². The predicted octanol–water partition coefficient (Wildman–Crippen LogP) is 3.72. The topological polar surface area (TPSA) is 26.0 Å². The molecule has 2 aliphatic rings. The van der Waals surface area contributed by atoms with Crippen LogP contribution in [0.2, 0.25) is 0 Å². The fourth-order valence-electron chi connectivity index (χ4n) is 3.93. The maximum absolute atomic E-state index is 12.9. The Balaban J connectivity index is 1.75. The molecule has 1 nitrogen and oxygen atoms in total. The third-order valence-electron chi connectivity index (χ3n) is 4.71. The van der Waals surface area contributed by atoms with E-state index in [1.54, 1.807) is 0 Å². The second-order valence-corrected chi connectivity index (χ2v) is 6.08. The number of halogens is 1. The van der Waals surface area contributed by atoms with Crippen LogP contribution < -0.4 is 5.73 Å². The van der Waals surface area contributed by atoms with Crippen LogP contribution in [0, 0.1) is 11.2 Å². The van der Waals surface area contributed by atoms with Gasteiger partial charge in [0.05, 0.1) is 0 Å². The van der Waals surface area contributed by atoms with E-state index >= 15 is 0 Å². The van der Waals surface area contributed by atoms with E-state index in [-0.39, 0.29) is 11.4 Å². The summed E-state index contributed by atoms with van der Waals surface area (Å²) >= 11 is 0. The lowest BCUT2D eigenvalue weighted by atomic mass is 9.51. The molecule has 0 atom stereocenters. The zero-order chi connectivity index (χ0) is 11.9. The molecule has 3 rings (SSSR count). The number of hydrogen-bond donors (Lipinski definition) is 1. The molecule has 1 aromatic carbocycles. The van der Waals surface area contributed by atoms with Crippen molar-refractivity contribution >= 4 is 0 Å². The van der Waals surface area contributed by atoms with E-state index in [0.717, 1.165) is 18.4 Å². The fraction of sp³-hybridized carbons (Fsp3) is 0.600. The third kappa shape index (κ3) is 1.89. The van der Waals surface area contributed by atoms with E-state index in [4.69, 9.17) is 5.73 Å². The first kappa shape index (κ1) is 11.2. The zero-order valence-electron chi connectivity index (χ0n) is 10.2. The van der Waals surface area contributed by atoms with Crippen molar-refractivity contribution in [2.45, 2.75) is 50.5 Å². The molecular weight excluding hydrogens is 213 g/mol. The minimum atomic E-state index is -0.189.